The van der Waals surface area contributed by atoms with Crippen LogP contribution in [0.5, 0.6) is 0 Å². The van der Waals surface area contributed by atoms with Crippen LogP contribution in [0.25, 0.3) is 11.0 Å². The molecule has 3 fully saturated rings. The summed E-state index contributed by atoms with van der Waals surface area (Å²) in [5.41, 5.74) is -0.616. The zero-order valence-electron chi connectivity index (χ0n) is 21.0. The Bertz CT molecular complexity index is 1280. The normalized spacial score (nSPS) is 23.7. The van der Waals surface area contributed by atoms with Crippen molar-refractivity contribution in [3.05, 3.63) is 38.9 Å². The number of thioether (sulfide) groups is 1. The van der Waals surface area contributed by atoms with Gasteiger partial charge in [-0.3, -0.25) is 23.5 Å². The lowest BCUT2D eigenvalue weighted by Gasteiger charge is -2.32. The van der Waals surface area contributed by atoms with Crippen LogP contribution >= 0.6 is 11.8 Å². The Morgan fingerprint density at radius 1 is 1.00 bits per heavy atom. The van der Waals surface area contributed by atoms with Crippen molar-refractivity contribution in [1.82, 2.24) is 24.3 Å². The third kappa shape index (κ3) is 5.61. The predicted molar refractivity (Wildman–Crippen MR) is 140 cm³/mol. The van der Waals surface area contributed by atoms with Gasteiger partial charge in [0, 0.05) is 31.1 Å². The molecule has 2 saturated heterocycles. The summed E-state index contributed by atoms with van der Waals surface area (Å²) in [7, 11) is 0. The van der Waals surface area contributed by atoms with E-state index in [1.807, 2.05) is 11.8 Å². The van der Waals surface area contributed by atoms with Crippen LogP contribution in [0.1, 0.15) is 76.3 Å². The van der Waals surface area contributed by atoms with Crippen LogP contribution in [0.3, 0.4) is 0 Å². The molecule has 2 aromatic heterocycles. The minimum absolute atomic E-state index is 0.0332. The number of pyridine rings is 1. The standard InChI is InChI=1S/C26H34FN5O4S/c27-17-14-21-24(28-15-17)31(20-9-12-37-13-10-20)26(36)32(25(21)35)19-7-5-18(6-8-19)29-22(33)16-30-11-3-1-2-4-23(30)34/h14-15,18-20H,1-13,16H2,(H,29,33). The van der Waals surface area contributed by atoms with E-state index in [0.29, 0.717) is 38.6 Å². The lowest BCUT2D eigenvalue weighted by Crippen LogP contribution is -2.48. The van der Waals surface area contributed by atoms with E-state index in [1.165, 1.54) is 10.6 Å². The van der Waals surface area contributed by atoms with Crippen molar-refractivity contribution in [1.29, 1.82) is 0 Å². The van der Waals surface area contributed by atoms with Crippen molar-refractivity contribution in [2.24, 2.45) is 0 Å². The van der Waals surface area contributed by atoms with Gasteiger partial charge in [0.15, 0.2) is 0 Å². The first-order valence-corrected chi connectivity index (χ1v) is 14.5. The maximum atomic E-state index is 14.1. The molecule has 37 heavy (non-hydrogen) atoms. The van der Waals surface area contributed by atoms with Gasteiger partial charge in [-0.1, -0.05) is 6.42 Å². The molecule has 3 aliphatic rings. The lowest BCUT2D eigenvalue weighted by atomic mass is 9.91. The van der Waals surface area contributed by atoms with E-state index in [4.69, 9.17) is 0 Å². The lowest BCUT2D eigenvalue weighted by molar-refractivity contribution is -0.135. The van der Waals surface area contributed by atoms with Crippen LogP contribution in [-0.4, -0.2) is 61.5 Å². The molecule has 4 heterocycles. The molecule has 2 aliphatic heterocycles. The summed E-state index contributed by atoms with van der Waals surface area (Å²) in [6.07, 6.45) is 8.31. The number of likely N-dealkylation sites (tertiary alicyclic amines) is 1. The number of carbonyl (C=O) groups is 2. The molecule has 2 amide bonds. The molecule has 0 bridgehead atoms. The van der Waals surface area contributed by atoms with Gasteiger partial charge in [0.1, 0.15) is 11.5 Å². The molecular formula is C26H34FN5O4S. The molecule has 11 heteroatoms. The molecule has 1 N–H and O–H groups in total. The summed E-state index contributed by atoms with van der Waals surface area (Å²) in [5.74, 6) is 1.11. The second-order valence-electron chi connectivity index (χ2n) is 10.4. The first kappa shape index (κ1) is 25.9. The van der Waals surface area contributed by atoms with Gasteiger partial charge in [0.2, 0.25) is 11.8 Å². The van der Waals surface area contributed by atoms with Crippen LogP contribution < -0.4 is 16.6 Å². The highest BCUT2D eigenvalue weighted by molar-refractivity contribution is 7.99. The molecule has 0 unspecified atom stereocenters. The molecule has 200 valence electrons. The van der Waals surface area contributed by atoms with Gasteiger partial charge >= 0.3 is 5.69 Å². The monoisotopic (exact) mass is 531 g/mol. The number of hydrogen-bond acceptors (Lipinski definition) is 6. The van der Waals surface area contributed by atoms with Gasteiger partial charge < -0.3 is 10.2 Å². The summed E-state index contributed by atoms with van der Waals surface area (Å²) < 4.78 is 17.0. The zero-order valence-corrected chi connectivity index (χ0v) is 21.8. The van der Waals surface area contributed by atoms with E-state index in [-0.39, 0.29) is 53.2 Å². The molecule has 0 radical (unpaired) electrons. The van der Waals surface area contributed by atoms with Crippen molar-refractivity contribution < 1.29 is 14.0 Å². The average Bonchev–Trinajstić information content (AvgIpc) is 3.10. The fourth-order valence-electron chi connectivity index (χ4n) is 5.93. The number of amides is 2. The van der Waals surface area contributed by atoms with Crippen molar-refractivity contribution in [2.75, 3.05) is 24.6 Å². The van der Waals surface area contributed by atoms with E-state index >= 15 is 0 Å². The highest BCUT2D eigenvalue weighted by Gasteiger charge is 2.30. The van der Waals surface area contributed by atoms with Gasteiger partial charge in [-0.25, -0.2) is 14.2 Å². The number of carbonyl (C=O) groups excluding carboxylic acids is 2. The van der Waals surface area contributed by atoms with Gasteiger partial charge in [-0.2, -0.15) is 11.8 Å². The zero-order chi connectivity index (χ0) is 25.9. The van der Waals surface area contributed by atoms with Crippen molar-refractivity contribution in [3.63, 3.8) is 0 Å². The van der Waals surface area contributed by atoms with E-state index in [2.05, 4.69) is 10.3 Å². The first-order chi connectivity index (χ1) is 17.9. The number of fused-ring (bicyclic) bond motifs is 1. The third-order valence-corrected chi connectivity index (χ3v) is 8.96. The van der Waals surface area contributed by atoms with Crippen molar-refractivity contribution >= 4 is 34.6 Å². The quantitative estimate of drug-likeness (QED) is 0.636. The van der Waals surface area contributed by atoms with E-state index in [1.54, 1.807) is 9.47 Å². The number of halogens is 1. The molecular weight excluding hydrogens is 497 g/mol. The van der Waals surface area contributed by atoms with Crippen molar-refractivity contribution in [3.8, 4) is 0 Å². The second kappa shape index (κ2) is 11.4. The van der Waals surface area contributed by atoms with E-state index in [9.17, 15) is 23.6 Å². The molecule has 2 aromatic rings. The van der Waals surface area contributed by atoms with Crippen LogP contribution in [0.15, 0.2) is 21.9 Å². The average molecular weight is 532 g/mol. The highest BCUT2D eigenvalue weighted by atomic mass is 32.2. The third-order valence-electron chi connectivity index (χ3n) is 7.91. The Kier molecular flexibility index (Phi) is 7.97. The number of rotatable bonds is 5. The maximum Gasteiger partial charge on any atom is 0.333 e. The molecule has 1 saturated carbocycles. The van der Waals surface area contributed by atoms with Crippen LogP contribution in [0.2, 0.25) is 0 Å². The number of nitrogens with zero attached hydrogens (tertiary/aromatic N) is 4. The fraction of sp³-hybridized carbons (Fsp3) is 0.654. The fourth-order valence-corrected chi connectivity index (χ4v) is 7.01. The smallest absolute Gasteiger partial charge is 0.333 e. The molecule has 5 rings (SSSR count). The molecule has 9 nitrogen and oxygen atoms in total. The van der Waals surface area contributed by atoms with Crippen molar-refractivity contribution in [2.45, 2.75) is 82.3 Å². The maximum absolute atomic E-state index is 14.1. The Hall–Kier alpha value is -2.69. The Balaban J connectivity index is 1.32. The number of nitrogens with one attached hydrogen (secondary N) is 1. The number of aromatic nitrogens is 3. The second-order valence-corrected chi connectivity index (χ2v) is 11.6. The summed E-state index contributed by atoms with van der Waals surface area (Å²) in [6, 6.07) is 0.722. The summed E-state index contributed by atoms with van der Waals surface area (Å²) >= 11 is 1.84. The molecule has 0 aromatic carbocycles. The van der Waals surface area contributed by atoms with Gasteiger partial charge in [0.05, 0.1) is 18.1 Å². The van der Waals surface area contributed by atoms with Gasteiger partial charge in [0.25, 0.3) is 5.56 Å². The first-order valence-electron chi connectivity index (χ1n) is 13.4. The Labute approximate surface area is 218 Å². The highest BCUT2D eigenvalue weighted by Crippen LogP contribution is 2.30. The van der Waals surface area contributed by atoms with Gasteiger partial charge in [-0.05, 0) is 68.9 Å². The SMILES string of the molecule is O=C(CN1CCCCCC1=O)NC1CCC(n2c(=O)c3cc(F)cnc3n(C3CCSCC3)c2=O)CC1. The topological polar surface area (TPSA) is 106 Å². The summed E-state index contributed by atoms with van der Waals surface area (Å²) in [6.45, 7) is 0.692. The molecule has 1 aliphatic carbocycles. The minimum Gasteiger partial charge on any atom is -0.352 e. The summed E-state index contributed by atoms with van der Waals surface area (Å²) in [4.78, 5) is 57.8. The minimum atomic E-state index is -0.602. The Morgan fingerprint density at radius 3 is 2.49 bits per heavy atom. The van der Waals surface area contributed by atoms with Crippen LogP contribution in [-0.2, 0) is 9.59 Å². The van der Waals surface area contributed by atoms with E-state index in [0.717, 1.165) is 49.8 Å². The van der Waals surface area contributed by atoms with Crippen LogP contribution in [0.4, 0.5) is 4.39 Å². The largest absolute Gasteiger partial charge is 0.352 e. The van der Waals surface area contributed by atoms with Gasteiger partial charge in [-0.15, -0.1) is 0 Å². The van der Waals surface area contributed by atoms with Crippen LogP contribution in [0, 0.1) is 5.82 Å². The Morgan fingerprint density at radius 2 is 1.73 bits per heavy atom. The predicted octanol–water partition coefficient (Wildman–Crippen LogP) is 2.77. The number of hydrogen-bond donors (Lipinski definition) is 1. The summed E-state index contributed by atoms with van der Waals surface area (Å²) in [5, 5.41) is 3.18. The molecule has 0 spiro atoms. The molecule has 0 atom stereocenters. The van der Waals surface area contributed by atoms with E-state index < -0.39 is 11.4 Å².